The molecule has 6 nitrogen and oxygen atoms in total. The standard InChI is InChI=1S/C13H25N5O/c1-4-19-13(10-5-6-10)11(17-14)7-12-15-8-16-18(12)9(2)3/h8-11,13,17H,4-7,14H2,1-3H3. The molecule has 108 valence electrons. The molecule has 0 aliphatic heterocycles. The van der Waals surface area contributed by atoms with Crippen LogP contribution in [0.5, 0.6) is 0 Å². The van der Waals surface area contributed by atoms with E-state index in [4.69, 9.17) is 10.6 Å². The van der Waals surface area contributed by atoms with Gasteiger partial charge in [-0.05, 0) is 39.5 Å². The van der Waals surface area contributed by atoms with E-state index >= 15 is 0 Å². The zero-order valence-corrected chi connectivity index (χ0v) is 12.0. The monoisotopic (exact) mass is 267 g/mol. The second kappa shape index (κ2) is 6.45. The van der Waals surface area contributed by atoms with Gasteiger partial charge in [0.1, 0.15) is 12.2 Å². The SMILES string of the molecule is CCOC(C1CC1)C(Cc1ncnn1C(C)C)NN. The molecule has 0 radical (unpaired) electrons. The number of hydrazine groups is 1. The molecule has 1 saturated carbocycles. The van der Waals surface area contributed by atoms with Crippen molar-refractivity contribution in [1.29, 1.82) is 0 Å². The molecule has 1 aromatic rings. The molecule has 0 amide bonds. The van der Waals surface area contributed by atoms with E-state index in [9.17, 15) is 0 Å². The minimum absolute atomic E-state index is 0.0918. The lowest BCUT2D eigenvalue weighted by Gasteiger charge is -2.26. The van der Waals surface area contributed by atoms with Gasteiger partial charge in [-0.15, -0.1) is 0 Å². The Kier molecular flexibility index (Phi) is 4.90. The van der Waals surface area contributed by atoms with Crippen LogP contribution in [0.15, 0.2) is 6.33 Å². The van der Waals surface area contributed by atoms with E-state index in [0.29, 0.717) is 12.0 Å². The number of nitrogens with two attached hydrogens (primary N) is 1. The topological polar surface area (TPSA) is 78.0 Å². The molecule has 2 rings (SSSR count). The molecular formula is C13H25N5O. The average Bonchev–Trinajstić information content (AvgIpc) is 3.12. The van der Waals surface area contributed by atoms with Crippen LogP contribution in [0.4, 0.5) is 0 Å². The fraction of sp³-hybridized carbons (Fsp3) is 0.846. The van der Waals surface area contributed by atoms with Crippen molar-refractivity contribution in [2.45, 2.75) is 58.2 Å². The maximum atomic E-state index is 5.87. The van der Waals surface area contributed by atoms with Crippen molar-refractivity contribution in [2.24, 2.45) is 11.8 Å². The van der Waals surface area contributed by atoms with E-state index in [1.807, 2.05) is 11.6 Å². The van der Waals surface area contributed by atoms with Crippen LogP contribution in [0.3, 0.4) is 0 Å². The summed E-state index contributed by atoms with van der Waals surface area (Å²) >= 11 is 0. The molecule has 19 heavy (non-hydrogen) atoms. The molecule has 0 bridgehead atoms. The second-order valence-electron chi connectivity index (χ2n) is 5.45. The van der Waals surface area contributed by atoms with Gasteiger partial charge in [-0.1, -0.05) is 0 Å². The van der Waals surface area contributed by atoms with E-state index in [-0.39, 0.29) is 12.1 Å². The summed E-state index contributed by atoms with van der Waals surface area (Å²) in [5, 5.41) is 4.26. The van der Waals surface area contributed by atoms with Crippen molar-refractivity contribution >= 4 is 0 Å². The van der Waals surface area contributed by atoms with E-state index < -0.39 is 0 Å². The highest BCUT2D eigenvalue weighted by atomic mass is 16.5. The lowest BCUT2D eigenvalue weighted by molar-refractivity contribution is 0.0184. The lowest BCUT2D eigenvalue weighted by Crippen LogP contribution is -2.48. The molecule has 1 fully saturated rings. The van der Waals surface area contributed by atoms with Crippen LogP contribution in [0.1, 0.15) is 45.5 Å². The predicted octanol–water partition coefficient (Wildman–Crippen LogP) is 1.05. The first-order chi connectivity index (χ1) is 9.17. The Hall–Kier alpha value is -0.980. The summed E-state index contributed by atoms with van der Waals surface area (Å²) in [4.78, 5) is 4.35. The first kappa shape index (κ1) is 14.4. The quantitative estimate of drug-likeness (QED) is 0.544. The fourth-order valence-corrected chi connectivity index (χ4v) is 2.52. The maximum Gasteiger partial charge on any atom is 0.138 e. The molecule has 2 unspecified atom stereocenters. The van der Waals surface area contributed by atoms with Gasteiger partial charge in [-0.3, -0.25) is 11.3 Å². The molecule has 6 heteroatoms. The normalized spacial score (nSPS) is 18.8. The van der Waals surface area contributed by atoms with Crippen LogP contribution in [0, 0.1) is 5.92 Å². The molecule has 1 aliphatic carbocycles. The second-order valence-corrected chi connectivity index (χ2v) is 5.45. The van der Waals surface area contributed by atoms with Crippen molar-refractivity contribution in [2.75, 3.05) is 6.61 Å². The number of aromatic nitrogens is 3. The Morgan fingerprint density at radius 2 is 2.26 bits per heavy atom. The Morgan fingerprint density at radius 3 is 2.79 bits per heavy atom. The highest BCUT2D eigenvalue weighted by molar-refractivity contribution is 4.97. The molecule has 0 saturated heterocycles. The van der Waals surface area contributed by atoms with E-state index in [1.54, 1.807) is 6.33 Å². The van der Waals surface area contributed by atoms with Gasteiger partial charge in [0, 0.05) is 19.1 Å². The number of ether oxygens (including phenoxy) is 1. The predicted molar refractivity (Wildman–Crippen MR) is 73.4 cm³/mol. The van der Waals surface area contributed by atoms with E-state index in [1.165, 1.54) is 12.8 Å². The summed E-state index contributed by atoms with van der Waals surface area (Å²) in [6, 6.07) is 0.400. The third kappa shape index (κ3) is 3.52. The Labute approximate surface area is 114 Å². The molecule has 0 spiro atoms. The van der Waals surface area contributed by atoms with Gasteiger partial charge in [0.05, 0.1) is 12.1 Å². The number of hydrogen-bond donors (Lipinski definition) is 2. The third-order valence-electron chi connectivity index (χ3n) is 3.60. The van der Waals surface area contributed by atoms with Gasteiger partial charge >= 0.3 is 0 Å². The van der Waals surface area contributed by atoms with Crippen LogP contribution in [0.25, 0.3) is 0 Å². The first-order valence-electron chi connectivity index (χ1n) is 7.13. The van der Waals surface area contributed by atoms with Gasteiger partial charge in [-0.2, -0.15) is 5.10 Å². The van der Waals surface area contributed by atoms with Gasteiger partial charge in [0.15, 0.2) is 0 Å². The van der Waals surface area contributed by atoms with Crippen LogP contribution in [-0.2, 0) is 11.2 Å². The molecule has 0 aromatic carbocycles. The average molecular weight is 267 g/mol. The minimum Gasteiger partial charge on any atom is -0.377 e. The van der Waals surface area contributed by atoms with Crippen molar-refractivity contribution in [1.82, 2.24) is 20.2 Å². The van der Waals surface area contributed by atoms with Crippen molar-refractivity contribution in [3.8, 4) is 0 Å². The van der Waals surface area contributed by atoms with E-state index in [0.717, 1.165) is 18.9 Å². The van der Waals surface area contributed by atoms with Gasteiger partial charge in [0.25, 0.3) is 0 Å². The number of hydrogen-bond acceptors (Lipinski definition) is 5. The lowest BCUT2D eigenvalue weighted by atomic mass is 10.0. The molecule has 1 heterocycles. The van der Waals surface area contributed by atoms with Gasteiger partial charge in [-0.25, -0.2) is 9.67 Å². The van der Waals surface area contributed by atoms with Gasteiger partial charge in [0.2, 0.25) is 0 Å². The smallest absolute Gasteiger partial charge is 0.138 e. The zero-order valence-electron chi connectivity index (χ0n) is 12.0. The fourth-order valence-electron chi connectivity index (χ4n) is 2.52. The van der Waals surface area contributed by atoms with E-state index in [2.05, 4.69) is 29.4 Å². The largest absolute Gasteiger partial charge is 0.377 e. The summed E-state index contributed by atoms with van der Waals surface area (Å²) in [6.45, 7) is 6.95. The maximum absolute atomic E-state index is 5.87. The van der Waals surface area contributed by atoms with Crippen LogP contribution >= 0.6 is 0 Å². The first-order valence-corrected chi connectivity index (χ1v) is 7.13. The van der Waals surface area contributed by atoms with Crippen LogP contribution in [0.2, 0.25) is 0 Å². The minimum atomic E-state index is 0.0918. The summed E-state index contributed by atoms with van der Waals surface area (Å²) in [6.07, 6.45) is 5.00. The Morgan fingerprint density at radius 1 is 1.53 bits per heavy atom. The Balaban J connectivity index is 2.06. The molecule has 1 aromatic heterocycles. The van der Waals surface area contributed by atoms with Crippen LogP contribution < -0.4 is 11.3 Å². The summed E-state index contributed by atoms with van der Waals surface area (Å²) < 4.78 is 7.81. The molecular weight excluding hydrogens is 242 g/mol. The summed E-state index contributed by atoms with van der Waals surface area (Å²) in [5.74, 6) is 7.32. The van der Waals surface area contributed by atoms with Gasteiger partial charge < -0.3 is 4.74 Å². The van der Waals surface area contributed by atoms with Crippen molar-refractivity contribution in [3.05, 3.63) is 12.2 Å². The highest BCUT2D eigenvalue weighted by Crippen LogP contribution is 2.36. The number of nitrogens with zero attached hydrogens (tertiary/aromatic N) is 3. The summed E-state index contributed by atoms with van der Waals surface area (Å²) in [7, 11) is 0. The highest BCUT2D eigenvalue weighted by Gasteiger charge is 2.37. The van der Waals surface area contributed by atoms with Crippen molar-refractivity contribution < 1.29 is 4.74 Å². The molecule has 3 N–H and O–H groups in total. The molecule has 1 aliphatic rings. The Bertz CT molecular complexity index is 388. The summed E-state index contributed by atoms with van der Waals surface area (Å²) in [5.41, 5.74) is 2.91. The number of rotatable bonds is 8. The number of nitrogens with one attached hydrogen (secondary N) is 1. The third-order valence-corrected chi connectivity index (χ3v) is 3.60. The molecule has 2 atom stereocenters. The zero-order chi connectivity index (χ0) is 13.8. The van der Waals surface area contributed by atoms with Crippen LogP contribution in [-0.4, -0.2) is 33.5 Å². The van der Waals surface area contributed by atoms with Crippen molar-refractivity contribution in [3.63, 3.8) is 0 Å².